The number of aromatic nitrogens is 1. The molecule has 1 heterocycles. The second-order valence-electron chi connectivity index (χ2n) is 4.69. The fourth-order valence-corrected chi connectivity index (χ4v) is 2.19. The zero-order chi connectivity index (χ0) is 15.2. The van der Waals surface area contributed by atoms with Crippen LogP contribution in [0.5, 0.6) is 5.75 Å². The lowest BCUT2D eigenvalue weighted by molar-refractivity contribution is 0.381. The van der Waals surface area contributed by atoms with E-state index in [1.54, 1.807) is 18.2 Å². The van der Waals surface area contributed by atoms with E-state index in [1.807, 2.05) is 6.92 Å². The van der Waals surface area contributed by atoms with Gasteiger partial charge in [0, 0.05) is 11.8 Å². The molecule has 1 aromatic carbocycles. The largest absolute Gasteiger partial charge is 0.494 e. The number of nitrogens with zero attached hydrogens (tertiary/aromatic N) is 1. The number of pyridine rings is 1. The van der Waals surface area contributed by atoms with E-state index in [4.69, 9.17) is 4.74 Å². The highest BCUT2D eigenvalue weighted by molar-refractivity contribution is 5.37. The van der Waals surface area contributed by atoms with Crippen molar-refractivity contribution in [2.45, 2.75) is 19.4 Å². The molecule has 0 aliphatic heterocycles. The predicted octanol–water partition coefficient (Wildman–Crippen LogP) is 3.46. The third kappa shape index (κ3) is 3.55. The topological polar surface area (TPSA) is 34.2 Å². The second kappa shape index (κ2) is 7.13. The molecule has 2 aromatic rings. The standard InChI is InChI=1S/C16H18F2N2O/c1-3-7-20-16(11-8-12(17)10-19-9-11)13-5-4-6-14(21-2)15(13)18/h4-6,8-10,16,20H,3,7H2,1-2H3. The van der Waals surface area contributed by atoms with E-state index < -0.39 is 17.7 Å². The summed E-state index contributed by atoms with van der Waals surface area (Å²) in [6.45, 7) is 2.69. The van der Waals surface area contributed by atoms with Crippen LogP contribution in [0.1, 0.15) is 30.5 Å². The first-order valence-corrected chi connectivity index (χ1v) is 6.83. The zero-order valence-electron chi connectivity index (χ0n) is 12.1. The molecule has 0 radical (unpaired) electrons. The third-order valence-corrected chi connectivity index (χ3v) is 3.18. The Morgan fingerprint density at radius 2 is 2.10 bits per heavy atom. The van der Waals surface area contributed by atoms with Crippen LogP contribution in [0.4, 0.5) is 8.78 Å². The van der Waals surface area contributed by atoms with Crippen LogP contribution in [0.3, 0.4) is 0 Å². The fourth-order valence-electron chi connectivity index (χ4n) is 2.19. The van der Waals surface area contributed by atoms with Crippen molar-refractivity contribution in [3.05, 3.63) is 59.4 Å². The zero-order valence-corrected chi connectivity index (χ0v) is 12.1. The Balaban J connectivity index is 2.45. The normalized spacial score (nSPS) is 12.2. The first-order valence-electron chi connectivity index (χ1n) is 6.83. The van der Waals surface area contributed by atoms with E-state index in [1.165, 1.54) is 19.4 Å². The molecule has 0 spiro atoms. The second-order valence-corrected chi connectivity index (χ2v) is 4.69. The number of halogens is 2. The molecule has 1 atom stereocenters. The summed E-state index contributed by atoms with van der Waals surface area (Å²) in [5, 5.41) is 3.22. The smallest absolute Gasteiger partial charge is 0.170 e. The monoisotopic (exact) mass is 292 g/mol. The van der Waals surface area contributed by atoms with Crippen LogP contribution in [0.2, 0.25) is 0 Å². The van der Waals surface area contributed by atoms with Crippen LogP contribution in [-0.4, -0.2) is 18.6 Å². The molecule has 1 N–H and O–H groups in total. The summed E-state index contributed by atoms with van der Waals surface area (Å²) in [6.07, 6.45) is 3.54. The van der Waals surface area contributed by atoms with Gasteiger partial charge in [-0.1, -0.05) is 19.1 Å². The Kier molecular flexibility index (Phi) is 5.22. The molecular weight excluding hydrogens is 274 g/mol. The molecule has 0 aliphatic rings. The van der Waals surface area contributed by atoms with Gasteiger partial charge in [0.1, 0.15) is 5.82 Å². The lowest BCUT2D eigenvalue weighted by Crippen LogP contribution is -2.24. The molecule has 5 heteroatoms. The van der Waals surface area contributed by atoms with Crippen LogP contribution in [-0.2, 0) is 0 Å². The molecule has 1 unspecified atom stereocenters. The molecule has 0 bridgehead atoms. The summed E-state index contributed by atoms with van der Waals surface area (Å²) in [5.41, 5.74) is 0.991. The van der Waals surface area contributed by atoms with Crippen LogP contribution in [0.25, 0.3) is 0 Å². The number of ether oxygens (including phenoxy) is 1. The van der Waals surface area contributed by atoms with Crippen molar-refractivity contribution in [3.8, 4) is 5.75 Å². The Bertz CT molecular complexity index is 605. The SMILES string of the molecule is CCCNC(c1cncc(F)c1)c1cccc(OC)c1F. The van der Waals surface area contributed by atoms with Crippen LogP contribution in [0, 0.1) is 11.6 Å². The minimum atomic E-state index is -0.469. The highest BCUT2D eigenvalue weighted by atomic mass is 19.1. The van der Waals surface area contributed by atoms with E-state index in [-0.39, 0.29) is 5.75 Å². The maximum atomic E-state index is 14.5. The van der Waals surface area contributed by atoms with Crippen LogP contribution < -0.4 is 10.1 Å². The number of hydrogen-bond acceptors (Lipinski definition) is 3. The number of hydrogen-bond donors (Lipinski definition) is 1. The molecule has 1 aromatic heterocycles. The highest BCUT2D eigenvalue weighted by Gasteiger charge is 2.20. The van der Waals surface area contributed by atoms with Gasteiger partial charge in [-0.15, -0.1) is 0 Å². The van der Waals surface area contributed by atoms with Crippen molar-refractivity contribution < 1.29 is 13.5 Å². The maximum Gasteiger partial charge on any atom is 0.170 e. The van der Waals surface area contributed by atoms with Gasteiger partial charge in [-0.25, -0.2) is 8.78 Å². The van der Waals surface area contributed by atoms with E-state index in [2.05, 4.69) is 10.3 Å². The molecule has 0 fully saturated rings. The van der Waals surface area contributed by atoms with Gasteiger partial charge < -0.3 is 10.1 Å². The quantitative estimate of drug-likeness (QED) is 0.885. The number of rotatable bonds is 6. The van der Waals surface area contributed by atoms with Crippen molar-refractivity contribution in [2.24, 2.45) is 0 Å². The summed E-state index contributed by atoms with van der Waals surface area (Å²) in [7, 11) is 1.42. The molecule has 0 aliphatic carbocycles. The van der Waals surface area contributed by atoms with Crippen molar-refractivity contribution in [2.75, 3.05) is 13.7 Å². The number of nitrogens with one attached hydrogen (secondary N) is 1. The summed E-state index contributed by atoms with van der Waals surface area (Å²) in [5.74, 6) is -0.725. The van der Waals surface area contributed by atoms with E-state index in [9.17, 15) is 8.78 Å². The molecule has 0 saturated carbocycles. The molecule has 0 amide bonds. The Morgan fingerprint density at radius 1 is 1.29 bits per heavy atom. The minimum absolute atomic E-state index is 0.167. The molecule has 112 valence electrons. The molecule has 0 saturated heterocycles. The summed E-state index contributed by atoms with van der Waals surface area (Å²) < 4.78 is 32.9. The third-order valence-electron chi connectivity index (χ3n) is 3.18. The van der Waals surface area contributed by atoms with E-state index in [0.717, 1.165) is 12.6 Å². The van der Waals surface area contributed by atoms with Gasteiger partial charge in [-0.2, -0.15) is 0 Å². The maximum absolute atomic E-state index is 14.5. The predicted molar refractivity (Wildman–Crippen MR) is 77.3 cm³/mol. The molecule has 2 rings (SSSR count). The first-order chi connectivity index (χ1) is 10.2. The van der Waals surface area contributed by atoms with Crippen molar-refractivity contribution in [1.29, 1.82) is 0 Å². The lowest BCUT2D eigenvalue weighted by Gasteiger charge is -2.20. The van der Waals surface area contributed by atoms with Crippen molar-refractivity contribution in [1.82, 2.24) is 10.3 Å². The number of methoxy groups -OCH3 is 1. The van der Waals surface area contributed by atoms with Gasteiger partial charge in [0.05, 0.1) is 19.3 Å². The first kappa shape index (κ1) is 15.4. The van der Waals surface area contributed by atoms with Gasteiger partial charge in [0.15, 0.2) is 11.6 Å². The Labute approximate surface area is 123 Å². The van der Waals surface area contributed by atoms with Gasteiger partial charge in [-0.05, 0) is 30.7 Å². The van der Waals surface area contributed by atoms with Gasteiger partial charge in [0.25, 0.3) is 0 Å². The Hall–Kier alpha value is -2.01. The average Bonchev–Trinajstić information content (AvgIpc) is 2.49. The van der Waals surface area contributed by atoms with E-state index >= 15 is 0 Å². The lowest BCUT2D eigenvalue weighted by atomic mass is 9.99. The molecule has 21 heavy (non-hydrogen) atoms. The number of benzene rings is 1. The average molecular weight is 292 g/mol. The fraction of sp³-hybridized carbons (Fsp3) is 0.312. The Morgan fingerprint density at radius 3 is 2.76 bits per heavy atom. The van der Waals surface area contributed by atoms with E-state index in [0.29, 0.717) is 17.7 Å². The van der Waals surface area contributed by atoms with Crippen LogP contribution in [0.15, 0.2) is 36.7 Å². The van der Waals surface area contributed by atoms with Crippen molar-refractivity contribution >= 4 is 0 Å². The van der Waals surface area contributed by atoms with Gasteiger partial charge >= 0.3 is 0 Å². The highest BCUT2D eigenvalue weighted by Crippen LogP contribution is 2.29. The summed E-state index contributed by atoms with van der Waals surface area (Å²) in [6, 6.07) is 5.82. The van der Waals surface area contributed by atoms with Crippen LogP contribution >= 0.6 is 0 Å². The summed E-state index contributed by atoms with van der Waals surface area (Å²) >= 11 is 0. The molecule has 3 nitrogen and oxygen atoms in total. The van der Waals surface area contributed by atoms with Crippen molar-refractivity contribution in [3.63, 3.8) is 0 Å². The minimum Gasteiger partial charge on any atom is -0.494 e. The molecular formula is C16H18F2N2O. The van der Waals surface area contributed by atoms with Gasteiger partial charge in [0.2, 0.25) is 0 Å². The summed E-state index contributed by atoms with van der Waals surface area (Å²) in [4.78, 5) is 3.84. The van der Waals surface area contributed by atoms with Gasteiger partial charge in [-0.3, -0.25) is 4.98 Å².